The maximum absolute atomic E-state index is 5.68. The van der Waals surface area contributed by atoms with Crippen molar-refractivity contribution >= 4 is 33.6 Å². The number of aliphatic imine (C=N–C) groups is 1. The number of aromatic nitrogens is 1. The molecular weight excluding hydrogens is 266 g/mol. The van der Waals surface area contributed by atoms with Crippen molar-refractivity contribution in [2.45, 2.75) is 0 Å². The molecule has 0 saturated carbocycles. The second-order valence-corrected chi connectivity index (χ2v) is 4.14. The van der Waals surface area contributed by atoms with Crippen LogP contribution in [0, 0.1) is 0 Å². The van der Waals surface area contributed by atoms with Gasteiger partial charge >= 0.3 is 0 Å². The fourth-order valence-electron chi connectivity index (χ4n) is 1.25. The molecule has 0 aliphatic carbocycles. The van der Waals surface area contributed by atoms with E-state index in [2.05, 4.69) is 25.9 Å². The molecule has 80 valence electrons. The normalized spacial score (nSPS) is 10.8. The van der Waals surface area contributed by atoms with E-state index in [4.69, 9.17) is 5.73 Å². The Balaban J connectivity index is 2.25. The molecule has 1 heterocycles. The molecule has 2 rings (SSSR count). The molecule has 0 saturated heterocycles. The van der Waals surface area contributed by atoms with Crippen LogP contribution in [-0.4, -0.2) is 11.2 Å². The molecule has 4 heteroatoms. The van der Waals surface area contributed by atoms with Crippen molar-refractivity contribution in [2.75, 3.05) is 5.73 Å². The second-order valence-electron chi connectivity index (χ2n) is 3.22. The van der Waals surface area contributed by atoms with Crippen molar-refractivity contribution in [3.05, 3.63) is 52.6 Å². The second kappa shape index (κ2) is 4.90. The Morgan fingerprint density at radius 2 is 2.12 bits per heavy atom. The van der Waals surface area contributed by atoms with Crippen LogP contribution in [0.1, 0.15) is 5.56 Å². The summed E-state index contributed by atoms with van der Waals surface area (Å²) in [6.07, 6.45) is 3.41. The van der Waals surface area contributed by atoms with Crippen molar-refractivity contribution in [3.8, 4) is 0 Å². The van der Waals surface area contributed by atoms with Crippen molar-refractivity contribution < 1.29 is 0 Å². The predicted octanol–water partition coefficient (Wildman–Crippen LogP) is 3.18. The molecular formula is C12H10BrN3. The van der Waals surface area contributed by atoms with Gasteiger partial charge in [-0.2, -0.15) is 0 Å². The molecule has 0 atom stereocenters. The van der Waals surface area contributed by atoms with E-state index in [1.807, 2.05) is 36.4 Å². The molecule has 0 aliphatic rings. The minimum absolute atomic E-state index is 0.439. The Labute approximate surface area is 102 Å². The standard InChI is InChI=1S/C12H10BrN3/c13-10-4-1-3-9(7-10)8-16-11-5-2-6-15-12(11)14/h1-8H,(H2,14,15). The van der Waals surface area contributed by atoms with Crippen molar-refractivity contribution in [1.82, 2.24) is 4.98 Å². The molecule has 16 heavy (non-hydrogen) atoms. The van der Waals surface area contributed by atoms with E-state index in [1.165, 1.54) is 0 Å². The third-order valence-corrected chi connectivity index (χ3v) is 2.51. The molecule has 2 N–H and O–H groups in total. The number of nitrogens with zero attached hydrogens (tertiary/aromatic N) is 2. The van der Waals surface area contributed by atoms with Gasteiger partial charge in [0.25, 0.3) is 0 Å². The number of nitrogens with two attached hydrogens (primary N) is 1. The summed E-state index contributed by atoms with van der Waals surface area (Å²) in [4.78, 5) is 8.25. The molecule has 1 aromatic carbocycles. The largest absolute Gasteiger partial charge is 0.382 e. The van der Waals surface area contributed by atoms with Gasteiger partial charge in [-0.05, 0) is 29.8 Å². The van der Waals surface area contributed by atoms with Gasteiger partial charge in [0.2, 0.25) is 0 Å². The van der Waals surface area contributed by atoms with Gasteiger partial charge in [0.05, 0.1) is 0 Å². The van der Waals surface area contributed by atoms with E-state index in [9.17, 15) is 0 Å². The number of benzene rings is 1. The number of hydrogen-bond acceptors (Lipinski definition) is 3. The summed E-state index contributed by atoms with van der Waals surface area (Å²) in [5.41, 5.74) is 7.38. The van der Waals surface area contributed by atoms with Crippen LogP contribution in [0.5, 0.6) is 0 Å². The number of anilines is 1. The Bertz CT molecular complexity index is 523. The quantitative estimate of drug-likeness (QED) is 0.856. The fourth-order valence-corrected chi connectivity index (χ4v) is 1.67. The van der Waals surface area contributed by atoms with E-state index >= 15 is 0 Å². The summed E-state index contributed by atoms with van der Waals surface area (Å²) >= 11 is 3.40. The lowest BCUT2D eigenvalue weighted by Gasteiger charge is -1.97. The highest BCUT2D eigenvalue weighted by molar-refractivity contribution is 9.10. The number of rotatable bonds is 2. The average Bonchev–Trinajstić information content (AvgIpc) is 2.28. The van der Waals surface area contributed by atoms with Crippen LogP contribution >= 0.6 is 15.9 Å². The summed E-state index contributed by atoms with van der Waals surface area (Å²) in [5.74, 6) is 0.439. The average molecular weight is 276 g/mol. The van der Waals surface area contributed by atoms with E-state index in [1.54, 1.807) is 12.4 Å². The van der Waals surface area contributed by atoms with Gasteiger partial charge in [-0.15, -0.1) is 0 Å². The lowest BCUT2D eigenvalue weighted by molar-refractivity contribution is 1.32. The molecule has 2 aromatic rings. The predicted molar refractivity (Wildman–Crippen MR) is 70.0 cm³/mol. The lowest BCUT2D eigenvalue weighted by atomic mass is 10.2. The van der Waals surface area contributed by atoms with Gasteiger partial charge in [0, 0.05) is 16.9 Å². The van der Waals surface area contributed by atoms with Crippen LogP contribution in [0.15, 0.2) is 52.1 Å². The Morgan fingerprint density at radius 1 is 1.25 bits per heavy atom. The molecule has 0 spiro atoms. The van der Waals surface area contributed by atoms with Gasteiger partial charge in [0.1, 0.15) is 11.5 Å². The summed E-state index contributed by atoms with van der Waals surface area (Å²) in [5, 5.41) is 0. The summed E-state index contributed by atoms with van der Waals surface area (Å²) < 4.78 is 1.02. The molecule has 0 radical (unpaired) electrons. The van der Waals surface area contributed by atoms with Crippen molar-refractivity contribution in [1.29, 1.82) is 0 Å². The van der Waals surface area contributed by atoms with Gasteiger partial charge in [0.15, 0.2) is 0 Å². The molecule has 0 amide bonds. The molecule has 1 aromatic heterocycles. The molecule has 3 nitrogen and oxygen atoms in total. The Kier molecular flexibility index (Phi) is 3.31. The first kappa shape index (κ1) is 10.8. The Hall–Kier alpha value is -1.68. The highest BCUT2D eigenvalue weighted by atomic mass is 79.9. The molecule has 0 unspecified atom stereocenters. The molecule has 0 fully saturated rings. The van der Waals surface area contributed by atoms with Gasteiger partial charge in [-0.25, -0.2) is 4.98 Å². The van der Waals surface area contributed by atoms with E-state index in [0.717, 1.165) is 10.0 Å². The van der Waals surface area contributed by atoms with Crippen LogP contribution < -0.4 is 5.73 Å². The lowest BCUT2D eigenvalue weighted by Crippen LogP contribution is -1.89. The van der Waals surface area contributed by atoms with Crippen molar-refractivity contribution in [3.63, 3.8) is 0 Å². The zero-order valence-corrected chi connectivity index (χ0v) is 10.1. The Morgan fingerprint density at radius 3 is 2.88 bits per heavy atom. The smallest absolute Gasteiger partial charge is 0.149 e. The van der Waals surface area contributed by atoms with Gasteiger partial charge < -0.3 is 5.73 Å². The van der Waals surface area contributed by atoms with E-state index < -0.39 is 0 Å². The van der Waals surface area contributed by atoms with E-state index in [-0.39, 0.29) is 0 Å². The van der Waals surface area contributed by atoms with E-state index in [0.29, 0.717) is 11.5 Å². The van der Waals surface area contributed by atoms with Crippen molar-refractivity contribution in [2.24, 2.45) is 4.99 Å². The van der Waals surface area contributed by atoms with Crippen LogP contribution in [0.25, 0.3) is 0 Å². The zero-order chi connectivity index (χ0) is 11.4. The number of hydrogen-bond donors (Lipinski definition) is 1. The summed E-state index contributed by atoms with van der Waals surface area (Å²) in [6.45, 7) is 0. The first-order valence-corrected chi connectivity index (χ1v) is 5.55. The van der Waals surface area contributed by atoms with Gasteiger partial charge in [-0.1, -0.05) is 28.1 Å². The fraction of sp³-hybridized carbons (Fsp3) is 0. The monoisotopic (exact) mass is 275 g/mol. The number of nitrogen functional groups attached to an aromatic ring is 1. The third-order valence-electron chi connectivity index (χ3n) is 2.02. The maximum Gasteiger partial charge on any atom is 0.149 e. The zero-order valence-electron chi connectivity index (χ0n) is 8.47. The number of halogens is 1. The summed E-state index contributed by atoms with van der Waals surface area (Å²) in [7, 11) is 0. The van der Waals surface area contributed by atoms with Crippen LogP contribution in [0.4, 0.5) is 11.5 Å². The maximum atomic E-state index is 5.68. The minimum Gasteiger partial charge on any atom is -0.382 e. The third kappa shape index (κ3) is 2.67. The number of pyridine rings is 1. The van der Waals surface area contributed by atoms with Crippen LogP contribution in [0.3, 0.4) is 0 Å². The van der Waals surface area contributed by atoms with Crippen LogP contribution in [0.2, 0.25) is 0 Å². The molecule has 0 bridgehead atoms. The van der Waals surface area contributed by atoms with Crippen LogP contribution in [-0.2, 0) is 0 Å². The highest BCUT2D eigenvalue weighted by Gasteiger charge is 1.95. The SMILES string of the molecule is Nc1ncccc1N=Cc1cccc(Br)c1. The topological polar surface area (TPSA) is 51.3 Å². The summed E-state index contributed by atoms with van der Waals surface area (Å²) in [6, 6.07) is 11.5. The first-order chi connectivity index (χ1) is 7.75. The molecule has 0 aliphatic heterocycles. The van der Waals surface area contributed by atoms with Gasteiger partial charge in [-0.3, -0.25) is 4.99 Å². The highest BCUT2D eigenvalue weighted by Crippen LogP contribution is 2.18. The minimum atomic E-state index is 0.439. The first-order valence-electron chi connectivity index (χ1n) is 4.76.